The molecule has 0 unspecified atom stereocenters. The van der Waals surface area contributed by atoms with Crippen molar-refractivity contribution in [2.45, 2.75) is 32.2 Å². The molecule has 0 spiro atoms. The highest BCUT2D eigenvalue weighted by molar-refractivity contribution is 5.85. The van der Waals surface area contributed by atoms with Crippen molar-refractivity contribution >= 4 is 18.3 Å². The molecule has 1 aliphatic rings. The minimum atomic E-state index is -0.621. The van der Waals surface area contributed by atoms with Crippen LogP contribution in [-0.4, -0.2) is 19.0 Å². The Kier molecular flexibility index (Phi) is 7.61. The first kappa shape index (κ1) is 17.9. The molecule has 0 aliphatic carbocycles. The fraction of sp³-hybridized carbons (Fsp3) is 0.533. The molecule has 1 aromatic rings. The maximum absolute atomic E-state index is 13.0. The average Bonchev–Trinajstić information content (AvgIpc) is 2.43. The van der Waals surface area contributed by atoms with Gasteiger partial charge in [0.2, 0.25) is 5.91 Å². The molecule has 2 rings (SSSR count). The summed E-state index contributed by atoms with van der Waals surface area (Å²) in [4.78, 5) is 11.7. The highest BCUT2D eigenvalue weighted by atomic mass is 35.5. The molecule has 1 fully saturated rings. The van der Waals surface area contributed by atoms with E-state index in [0.29, 0.717) is 17.9 Å². The van der Waals surface area contributed by atoms with Crippen LogP contribution < -0.4 is 10.6 Å². The van der Waals surface area contributed by atoms with Gasteiger partial charge in [0.15, 0.2) is 0 Å². The molecule has 0 radical (unpaired) electrons. The zero-order valence-electron chi connectivity index (χ0n) is 11.8. The molecule has 2 N–H and O–H groups in total. The number of carbonyl (C=O) groups excluding carboxylic acids is 1. The lowest BCUT2D eigenvalue weighted by Crippen LogP contribution is -2.29. The molecule has 3 nitrogen and oxygen atoms in total. The zero-order chi connectivity index (χ0) is 14.4. The van der Waals surface area contributed by atoms with Crippen molar-refractivity contribution in [2.75, 3.05) is 13.1 Å². The van der Waals surface area contributed by atoms with Crippen LogP contribution in [0.1, 0.15) is 31.2 Å². The van der Waals surface area contributed by atoms with Crippen LogP contribution in [0.25, 0.3) is 0 Å². The van der Waals surface area contributed by atoms with Gasteiger partial charge in [-0.3, -0.25) is 4.79 Å². The molecule has 21 heavy (non-hydrogen) atoms. The third-order valence-corrected chi connectivity index (χ3v) is 3.65. The maximum atomic E-state index is 13.0. The number of halogens is 3. The summed E-state index contributed by atoms with van der Waals surface area (Å²) < 4.78 is 26.0. The Hall–Kier alpha value is -1.20. The Morgan fingerprint density at radius 2 is 1.81 bits per heavy atom. The van der Waals surface area contributed by atoms with Gasteiger partial charge in [0.05, 0.1) is 0 Å². The van der Waals surface area contributed by atoms with Crippen molar-refractivity contribution in [2.24, 2.45) is 5.92 Å². The SMILES string of the molecule is Cl.O=C(CCC1CCNCC1)NCc1cc(F)cc(F)c1. The Balaban J connectivity index is 0.00000220. The number of nitrogens with one attached hydrogen (secondary N) is 2. The van der Waals surface area contributed by atoms with Crippen LogP contribution in [0.4, 0.5) is 8.78 Å². The molecule has 0 saturated carbocycles. The second kappa shape index (κ2) is 8.95. The summed E-state index contributed by atoms with van der Waals surface area (Å²) in [6.07, 6.45) is 3.58. The summed E-state index contributed by atoms with van der Waals surface area (Å²) in [5.74, 6) is -0.699. The third-order valence-electron chi connectivity index (χ3n) is 3.65. The molecule has 0 bridgehead atoms. The fourth-order valence-electron chi connectivity index (χ4n) is 2.51. The molecule has 1 saturated heterocycles. The zero-order valence-corrected chi connectivity index (χ0v) is 12.6. The normalized spacial score (nSPS) is 15.3. The Labute approximate surface area is 129 Å². The minimum Gasteiger partial charge on any atom is -0.352 e. The number of hydrogen-bond donors (Lipinski definition) is 2. The van der Waals surface area contributed by atoms with Crippen molar-refractivity contribution in [3.8, 4) is 0 Å². The molecule has 1 aliphatic heterocycles. The van der Waals surface area contributed by atoms with Gasteiger partial charge in [-0.15, -0.1) is 12.4 Å². The van der Waals surface area contributed by atoms with E-state index in [1.807, 2.05) is 0 Å². The summed E-state index contributed by atoms with van der Waals surface area (Å²) in [6, 6.07) is 3.29. The predicted octanol–water partition coefficient (Wildman–Crippen LogP) is 2.78. The van der Waals surface area contributed by atoms with Crippen LogP contribution in [0.2, 0.25) is 0 Å². The summed E-state index contributed by atoms with van der Waals surface area (Å²) in [6.45, 7) is 2.21. The van der Waals surface area contributed by atoms with Crippen molar-refractivity contribution in [3.05, 3.63) is 35.4 Å². The Morgan fingerprint density at radius 3 is 2.43 bits per heavy atom. The predicted molar refractivity (Wildman–Crippen MR) is 80.3 cm³/mol. The van der Waals surface area contributed by atoms with Crippen LogP contribution in [0, 0.1) is 17.6 Å². The standard InChI is InChI=1S/C15H20F2N2O.ClH/c16-13-7-12(8-14(17)9-13)10-19-15(20)2-1-11-3-5-18-6-4-11;/h7-9,11,18H,1-6,10H2,(H,19,20);1H. The van der Waals surface area contributed by atoms with Gasteiger partial charge < -0.3 is 10.6 Å². The van der Waals surface area contributed by atoms with E-state index in [0.717, 1.165) is 38.4 Å². The monoisotopic (exact) mass is 318 g/mol. The van der Waals surface area contributed by atoms with Crippen LogP contribution in [-0.2, 0) is 11.3 Å². The van der Waals surface area contributed by atoms with Gasteiger partial charge in [-0.1, -0.05) is 0 Å². The van der Waals surface area contributed by atoms with E-state index in [9.17, 15) is 13.6 Å². The van der Waals surface area contributed by atoms with Gasteiger partial charge in [0, 0.05) is 19.0 Å². The maximum Gasteiger partial charge on any atom is 0.220 e. The molecular weight excluding hydrogens is 298 g/mol. The van der Waals surface area contributed by atoms with E-state index in [1.54, 1.807) is 0 Å². The molecule has 1 heterocycles. The van der Waals surface area contributed by atoms with E-state index >= 15 is 0 Å². The topological polar surface area (TPSA) is 41.1 Å². The van der Waals surface area contributed by atoms with Crippen LogP contribution in [0.15, 0.2) is 18.2 Å². The third kappa shape index (κ3) is 6.40. The van der Waals surface area contributed by atoms with Gasteiger partial charge in [0.1, 0.15) is 11.6 Å². The van der Waals surface area contributed by atoms with Crippen LogP contribution >= 0.6 is 12.4 Å². The number of piperidine rings is 1. The molecule has 1 aromatic carbocycles. The first-order chi connectivity index (χ1) is 9.63. The lowest BCUT2D eigenvalue weighted by atomic mass is 9.93. The van der Waals surface area contributed by atoms with Crippen molar-refractivity contribution in [1.29, 1.82) is 0 Å². The molecule has 6 heteroatoms. The minimum absolute atomic E-state index is 0. The van der Waals surface area contributed by atoms with Gasteiger partial charge in [-0.25, -0.2) is 8.78 Å². The van der Waals surface area contributed by atoms with Crippen LogP contribution in [0.5, 0.6) is 0 Å². The fourth-order valence-corrected chi connectivity index (χ4v) is 2.51. The largest absolute Gasteiger partial charge is 0.352 e. The Bertz CT molecular complexity index is 445. The molecular formula is C15H21ClF2N2O. The first-order valence-corrected chi connectivity index (χ1v) is 7.06. The summed E-state index contributed by atoms with van der Waals surface area (Å²) >= 11 is 0. The lowest BCUT2D eigenvalue weighted by molar-refractivity contribution is -0.121. The summed E-state index contributed by atoms with van der Waals surface area (Å²) in [5, 5.41) is 5.99. The highest BCUT2D eigenvalue weighted by Crippen LogP contribution is 2.17. The lowest BCUT2D eigenvalue weighted by Gasteiger charge is -2.22. The van der Waals surface area contributed by atoms with E-state index in [4.69, 9.17) is 0 Å². The van der Waals surface area contributed by atoms with Crippen molar-refractivity contribution in [1.82, 2.24) is 10.6 Å². The average molecular weight is 319 g/mol. The van der Waals surface area contributed by atoms with Gasteiger partial charge in [0.25, 0.3) is 0 Å². The quantitative estimate of drug-likeness (QED) is 0.876. The van der Waals surface area contributed by atoms with E-state index in [-0.39, 0.29) is 24.9 Å². The van der Waals surface area contributed by atoms with E-state index in [1.165, 1.54) is 12.1 Å². The Morgan fingerprint density at radius 1 is 1.19 bits per heavy atom. The number of benzene rings is 1. The number of amides is 1. The van der Waals surface area contributed by atoms with E-state index in [2.05, 4.69) is 10.6 Å². The van der Waals surface area contributed by atoms with E-state index < -0.39 is 11.6 Å². The van der Waals surface area contributed by atoms with Crippen molar-refractivity contribution < 1.29 is 13.6 Å². The van der Waals surface area contributed by atoms with Gasteiger partial charge in [-0.2, -0.15) is 0 Å². The first-order valence-electron chi connectivity index (χ1n) is 7.06. The molecule has 1 amide bonds. The van der Waals surface area contributed by atoms with Gasteiger partial charge in [-0.05, 0) is 56.0 Å². The molecule has 118 valence electrons. The number of carbonyl (C=O) groups is 1. The smallest absolute Gasteiger partial charge is 0.220 e. The number of rotatable bonds is 5. The second-order valence-corrected chi connectivity index (χ2v) is 5.29. The van der Waals surface area contributed by atoms with Gasteiger partial charge >= 0.3 is 0 Å². The number of hydrogen-bond acceptors (Lipinski definition) is 2. The second-order valence-electron chi connectivity index (χ2n) is 5.29. The summed E-state index contributed by atoms with van der Waals surface area (Å²) in [5.41, 5.74) is 0.442. The van der Waals surface area contributed by atoms with Crippen LogP contribution in [0.3, 0.4) is 0 Å². The molecule has 0 atom stereocenters. The summed E-state index contributed by atoms with van der Waals surface area (Å²) in [7, 11) is 0. The highest BCUT2D eigenvalue weighted by Gasteiger charge is 2.14. The molecule has 0 aromatic heterocycles. The van der Waals surface area contributed by atoms with Crippen molar-refractivity contribution in [3.63, 3.8) is 0 Å².